The summed E-state index contributed by atoms with van der Waals surface area (Å²) in [7, 11) is 0. The summed E-state index contributed by atoms with van der Waals surface area (Å²) in [5.74, 6) is 1.67. The Morgan fingerprint density at radius 2 is 1.91 bits per heavy atom. The summed E-state index contributed by atoms with van der Waals surface area (Å²) in [5, 5.41) is 5.48. The molecule has 7 heteroatoms. The number of nitrogens with zero attached hydrogens (tertiary/aromatic N) is 4. The van der Waals surface area contributed by atoms with Crippen molar-refractivity contribution in [1.29, 1.82) is 0 Å². The minimum Gasteiger partial charge on any atom is -0.347 e. The van der Waals surface area contributed by atoms with E-state index in [1.54, 1.807) is 0 Å². The number of fused-ring (bicyclic) bond motifs is 1. The van der Waals surface area contributed by atoms with Gasteiger partial charge in [-0.15, -0.1) is 0 Å². The van der Waals surface area contributed by atoms with Gasteiger partial charge in [-0.05, 0) is 25.3 Å². The molecule has 1 atom stereocenters. The van der Waals surface area contributed by atoms with Gasteiger partial charge in [-0.1, -0.05) is 68.8 Å². The number of para-hydroxylation sites is 1. The van der Waals surface area contributed by atoms with E-state index in [1.165, 1.54) is 55.8 Å². The topological polar surface area (TPSA) is 98.9 Å². The number of hydrogen-bond donors (Lipinski definition) is 2. The Morgan fingerprint density at radius 3 is 2.72 bits per heavy atom. The predicted molar refractivity (Wildman–Crippen MR) is 128 cm³/mol. The Kier molecular flexibility index (Phi) is 7.45. The lowest BCUT2D eigenvalue weighted by Crippen LogP contribution is -2.39. The first-order valence-electron chi connectivity index (χ1n) is 12.2. The maximum absolute atomic E-state index is 5.83. The fraction of sp³-hybridized carbons (Fsp3) is 0.560. The van der Waals surface area contributed by atoms with Crippen LogP contribution in [0.3, 0.4) is 0 Å². The van der Waals surface area contributed by atoms with Crippen LogP contribution in [-0.4, -0.2) is 37.8 Å². The van der Waals surface area contributed by atoms with E-state index >= 15 is 0 Å². The third kappa shape index (κ3) is 5.14. The molecular weight excluding hydrogens is 400 g/mol. The molecule has 1 aliphatic heterocycles. The van der Waals surface area contributed by atoms with Crippen molar-refractivity contribution in [3.8, 4) is 11.4 Å². The fourth-order valence-corrected chi connectivity index (χ4v) is 4.89. The highest BCUT2D eigenvalue weighted by Gasteiger charge is 2.27. The first kappa shape index (κ1) is 22.4. The van der Waals surface area contributed by atoms with Crippen LogP contribution in [0.4, 0.5) is 0 Å². The normalized spacial score (nSPS) is 16.3. The van der Waals surface area contributed by atoms with Crippen LogP contribution in [-0.2, 0) is 13.0 Å². The van der Waals surface area contributed by atoms with Crippen LogP contribution >= 0.6 is 0 Å². The van der Waals surface area contributed by atoms with Crippen molar-refractivity contribution < 1.29 is 9.10 Å². The minimum atomic E-state index is 0.229. The molecule has 3 aromatic rings. The molecule has 0 amide bonds. The van der Waals surface area contributed by atoms with Crippen LogP contribution in [0.1, 0.15) is 70.6 Å². The van der Waals surface area contributed by atoms with Gasteiger partial charge in [-0.25, -0.2) is 0 Å². The number of hydrogen-bond acceptors (Lipinski definition) is 3. The largest absolute Gasteiger partial charge is 0.347 e. The molecule has 0 spiro atoms. The molecule has 0 aliphatic carbocycles. The minimum absolute atomic E-state index is 0.229. The van der Waals surface area contributed by atoms with Crippen LogP contribution < -0.4 is 11.5 Å². The number of benzene rings is 1. The standard InChI is InChI=1S/C25H36N6O/c1-2-3-4-5-6-7-10-15-30-18-21(20-13-8-9-14-22(20)30)24-28-23(32-29-24)17-19-12-11-16-31(19)25(26)27/h8-9,13-14,18-19H,2-7,10-12,15-17H2,1H3,(H3,26,27)/p+1/t19-/m0/s1. The van der Waals surface area contributed by atoms with Gasteiger partial charge in [0.1, 0.15) is 0 Å². The van der Waals surface area contributed by atoms with Gasteiger partial charge in [0.25, 0.3) is 0 Å². The molecule has 32 heavy (non-hydrogen) atoms. The lowest BCUT2D eigenvalue weighted by Gasteiger charge is -2.09. The van der Waals surface area contributed by atoms with Gasteiger partial charge in [-0.3, -0.25) is 16.0 Å². The van der Waals surface area contributed by atoms with E-state index in [9.17, 15) is 0 Å². The van der Waals surface area contributed by atoms with Gasteiger partial charge in [0.2, 0.25) is 11.7 Å². The van der Waals surface area contributed by atoms with Crippen molar-refractivity contribution in [2.24, 2.45) is 11.5 Å². The molecule has 7 nitrogen and oxygen atoms in total. The Balaban J connectivity index is 1.45. The summed E-state index contributed by atoms with van der Waals surface area (Å²) in [4.78, 5) is 4.73. The van der Waals surface area contributed by atoms with Crippen molar-refractivity contribution in [3.05, 3.63) is 36.4 Å². The van der Waals surface area contributed by atoms with Crippen molar-refractivity contribution in [3.63, 3.8) is 0 Å². The van der Waals surface area contributed by atoms with Crippen LogP contribution in [0, 0.1) is 0 Å². The average Bonchev–Trinajstić information content (AvgIpc) is 3.52. The van der Waals surface area contributed by atoms with Crippen LogP contribution in [0.5, 0.6) is 0 Å². The molecule has 4 rings (SSSR count). The molecule has 0 bridgehead atoms. The third-order valence-corrected chi connectivity index (χ3v) is 6.62. The molecule has 3 heterocycles. The Hall–Kier alpha value is -2.83. The van der Waals surface area contributed by atoms with Gasteiger partial charge in [0.15, 0.2) is 0 Å². The van der Waals surface area contributed by atoms with Gasteiger partial charge in [-0.2, -0.15) is 4.98 Å². The zero-order chi connectivity index (χ0) is 22.3. The summed E-state index contributed by atoms with van der Waals surface area (Å²) < 4.78 is 10.0. The number of nitrogens with two attached hydrogens (primary N) is 2. The average molecular weight is 438 g/mol. The summed E-state index contributed by atoms with van der Waals surface area (Å²) in [5.41, 5.74) is 13.9. The second-order valence-electron chi connectivity index (χ2n) is 9.00. The number of unbranched alkanes of at least 4 members (excludes halogenated alkanes) is 6. The fourth-order valence-electron chi connectivity index (χ4n) is 4.89. The van der Waals surface area contributed by atoms with E-state index in [4.69, 9.17) is 21.0 Å². The van der Waals surface area contributed by atoms with Gasteiger partial charge < -0.3 is 9.09 Å². The van der Waals surface area contributed by atoms with E-state index in [0.29, 0.717) is 24.1 Å². The maximum Gasteiger partial charge on any atom is 0.341 e. The van der Waals surface area contributed by atoms with E-state index in [2.05, 4.69) is 47.1 Å². The number of aryl methyl sites for hydroxylation is 1. The van der Waals surface area contributed by atoms with Crippen molar-refractivity contribution in [2.45, 2.75) is 83.7 Å². The predicted octanol–water partition coefficient (Wildman–Crippen LogP) is 4.43. The Labute approximate surface area is 190 Å². The summed E-state index contributed by atoms with van der Waals surface area (Å²) in [6, 6.07) is 8.72. The molecule has 172 valence electrons. The van der Waals surface area contributed by atoms with E-state index in [-0.39, 0.29) is 6.04 Å². The molecular formula is C25H37N6O+. The monoisotopic (exact) mass is 437 g/mol. The molecule has 1 aliphatic rings. The second kappa shape index (κ2) is 10.7. The smallest absolute Gasteiger partial charge is 0.341 e. The first-order valence-corrected chi connectivity index (χ1v) is 12.2. The highest BCUT2D eigenvalue weighted by atomic mass is 16.5. The van der Waals surface area contributed by atoms with E-state index in [1.807, 2.05) is 4.58 Å². The van der Waals surface area contributed by atoms with Crippen molar-refractivity contribution in [1.82, 2.24) is 14.7 Å². The van der Waals surface area contributed by atoms with E-state index < -0.39 is 0 Å². The third-order valence-electron chi connectivity index (χ3n) is 6.62. The molecule has 4 N–H and O–H groups in total. The zero-order valence-corrected chi connectivity index (χ0v) is 19.3. The molecule has 0 unspecified atom stereocenters. The lowest BCUT2D eigenvalue weighted by atomic mass is 10.1. The van der Waals surface area contributed by atoms with Crippen LogP contribution in [0.25, 0.3) is 22.3 Å². The molecule has 0 saturated carbocycles. The molecule has 2 aromatic heterocycles. The Bertz CT molecular complexity index is 1050. The maximum atomic E-state index is 5.83. The number of guanidine groups is 1. The first-order chi connectivity index (χ1) is 15.7. The van der Waals surface area contributed by atoms with Gasteiger partial charge >= 0.3 is 5.96 Å². The highest BCUT2D eigenvalue weighted by Crippen LogP contribution is 2.30. The quantitative estimate of drug-likeness (QED) is 0.263. The molecule has 1 aromatic carbocycles. The molecule has 0 radical (unpaired) electrons. The molecule has 1 saturated heterocycles. The highest BCUT2D eigenvalue weighted by molar-refractivity contribution is 5.94. The second-order valence-corrected chi connectivity index (χ2v) is 9.00. The number of rotatable bonds is 11. The van der Waals surface area contributed by atoms with E-state index in [0.717, 1.165) is 31.5 Å². The zero-order valence-electron chi connectivity index (χ0n) is 19.3. The van der Waals surface area contributed by atoms with Crippen LogP contribution in [0.15, 0.2) is 35.0 Å². The number of aromatic nitrogens is 3. The SMILES string of the molecule is CCCCCCCCCn1cc(-c2noc(C[C@@H]3CCC[N+]3=C(N)N)n2)c2ccccc21. The summed E-state index contributed by atoms with van der Waals surface area (Å²) >= 11 is 0. The lowest BCUT2D eigenvalue weighted by molar-refractivity contribution is -0.545. The summed E-state index contributed by atoms with van der Waals surface area (Å²) in [6.07, 6.45) is 14.1. The van der Waals surface area contributed by atoms with Crippen molar-refractivity contribution in [2.75, 3.05) is 6.54 Å². The van der Waals surface area contributed by atoms with Gasteiger partial charge in [0, 0.05) is 29.2 Å². The molecule has 1 fully saturated rings. The summed E-state index contributed by atoms with van der Waals surface area (Å²) in [6.45, 7) is 4.17. The van der Waals surface area contributed by atoms with Gasteiger partial charge in [0.05, 0.1) is 19.0 Å². The van der Waals surface area contributed by atoms with Crippen LogP contribution in [0.2, 0.25) is 0 Å². The Morgan fingerprint density at radius 1 is 1.12 bits per heavy atom. The van der Waals surface area contributed by atoms with Crippen molar-refractivity contribution >= 4 is 16.9 Å².